The van der Waals surface area contributed by atoms with Crippen molar-refractivity contribution in [3.05, 3.63) is 30.1 Å². The molecule has 1 rings (SSSR count). The van der Waals surface area contributed by atoms with Crippen LogP contribution in [0.25, 0.3) is 0 Å². The average Bonchev–Trinajstić information content (AvgIpc) is 2.51. The van der Waals surface area contributed by atoms with Crippen molar-refractivity contribution >= 4 is 39.8 Å². The van der Waals surface area contributed by atoms with Crippen molar-refractivity contribution in [1.29, 1.82) is 0 Å². The van der Waals surface area contributed by atoms with Crippen LogP contribution in [0.15, 0.2) is 29.3 Å². The molecule has 0 aliphatic heterocycles. The van der Waals surface area contributed by atoms with Crippen LogP contribution in [-0.4, -0.2) is 51.1 Å². The van der Waals surface area contributed by atoms with Gasteiger partial charge in [0.25, 0.3) is 0 Å². The number of sulfone groups is 1. The van der Waals surface area contributed by atoms with Crippen molar-refractivity contribution < 1.29 is 17.5 Å². The monoisotopic (exact) mass is 501 g/mol. The van der Waals surface area contributed by atoms with Crippen molar-refractivity contribution in [2.24, 2.45) is 4.99 Å². The average molecular weight is 501 g/mol. The van der Waals surface area contributed by atoms with Gasteiger partial charge < -0.3 is 15.4 Å². The SMILES string of the molecule is CN=C(NCCS(=O)(=O)C(C)(C)C)NCC(C)Oc1ccccc1F.I. The van der Waals surface area contributed by atoms with E-state index in [-0.39, 0.29) is 48.1 Å². The van der Waals surface area contributed by atoms with E-state index in [0.717, 1.165) is 0 Å². The van der Waals surface area contributed by atoms with E-state index in [1.807, 2.05) is 0 Å². The van der Waals surface area contributed by atoms with Crippen LogP contribution in [0.3, 0.4) is 0 Å². The number of ether oxygens (including phenoxy) is 1. The molecule has 0 amide bonds. The van der Waals surface area contributed by atoms with E-state index in [9.17, 15) is 12.8 Å². The molecule has 0 spiro atoms. The Hall–Kier alpha value is -1.10. The number of benzene rings is 1. The molecule has 26 heavy (non-hydrogen) atoms. The lowest BCUT2D eigenvalue weighted by molar-refractivity contribution is 0.214. The van der Waals surface area contributed by atoms with Crippen LogP contribution in [0.5, 0.6) is 5.75 Å². The van der Waals surface area contributed by atoms with Crippen molar-refractivity contribution in [2.75, 3.05) is 25.9 Å². The van der Waals surface area contributed by atoms with E-state index in [1.165, 1.54) is 6.07 Å². The van der Waals surface area contributed by atoms with Crippen molar-refractivity contribution in [3.63, 3.8) is 0 Å². The molecule has 2 N–H and O–H groups in total. The molecular formula is C17H29FIN3O3S. The highest BCUT2D eigenvalue weighted by Crippen LogP contribution is 2.17. The van der Waals surface area contributed by atoms with Crippen LogP contribution in [0.1, 0.15) is 27.7 Å². The molecule has 1 aromatic rings. The number of aliphatic imine (C=N–C) groups is 1. The van der Waals surface area contributed by atoms with Gasteiger partial charge in [0.15, 0.2) is 27.4 Å². The summed E-state index contributed by atoms with van der Waals surface area (Å²) < 4.78 is 42.4. The van der Waals surface area contributed by atoms with E-state index in [2.05, 4.69) is 15.6 Å². The Labute approximate surface area is 172 Å². The maximum Gasteiger partial charge on any atom is 0.191 e. The van der Waals surface area contributed by atoms with Crippen molar-refractivity contribution in [3.8, 4) is 5.75 Å². The van der Waals surface area contributed by atoms with Gasteiger partial charge in [-0.25, -0.2) is 12.8 Å². The Morgan fingerprint density at radius 1 is 1.27 bits per heavy atom. The van der Waals surface area contributed by atoms with E-state index in [0.29, 0.717) is 12.5 Å². The van der Waals surface area contributed by atoms with Gasteiger partial charge in [0.1, 0.15) is 6.10 Å². The highest BCUT2D eigenvalue weighted by molar-refractivity contribution is 14.0. The first kappa shape index (κ1) is 24.9. The van der Waals surface area contributed by atoms with Gasteiger partial charge in [-0.3, -0.25) is 4.99 Å². The second-order valence-corrected chi connectivity index (χ2v) is 9.53. The molecule has 0 heterocycles. The number of hydrogen-bond donors (Lipinski definition) is 2. The molecule has 1 unspecified atom stereocenters. The molecule has 150 valence electrons. The summed E-state index contributed by atoms with van der Waals surface area (Å²) in [4.78, 5) is 4.04. The molecule has 1 aromatic carbocycles. The summed E-state index contributed by atoms with van der Waals surface area (Å²) in [5, 5.41) is 5.99. The van der Waals surface area contributed by atoms with Gasteiger partial charge in [-0.05, 0) is 39.8 Å². The fourth-order valence-corrected chi connectivity index (χ4v) is 2.85. The summed E-state index contributed by atoms with van der Waals surface area (Å²) >= 11 is 0. The minimum atomic E-state index is -3.19. The standard InChI is InChI=1S/C17H28FN3O3S.HI/c1-13(24-15-9-7-6-8-14(15)18)12-21-16(19-5)20-10-11-25(22,23)17(2,3)4;/h6-9,13H,10-12H2,1-5H3,(H2,19,20,21);1H. The van der Waals surface area contributed by atoms with E-state index in [1.54, 1.807) is 52.9 Å². The van der Waals surface area contributed by atoms with Crippen LogP contribution in [0.4, 0.5) is 4.39 Å². The zero-order valence-corrected chi connectivity index (χ0v) is 19.0. The molecule has 1 atom stereocenters. The molecular weight excluding hydrogens is 472 g/mol. The summed E-state index contributed by atoms with van der Waals surface area (Å²) in [5.74, 6) is 0.256. The summed E-state index contributed by atoms with van der Waals surface area (Å²) in [6.07, 6.45) is -0.297. The van der Waals surface area contributed by atoms with Crippen LogP contribution in [0.2, 0.25) is 0 Å². The van der Waals surface area contributed by atoms with Gasteiger partial charge >= 0.3 is 0 Å². The van der Waals surface area contributed by atoms with Gasteiger partial charge in [-0.1, -0.05) is 12.1 Å². The molecule has 6 nitrogen and oxygen atoms in total. The highest BCUT2D eigenvalue weighted by atomic mass is 127. The van der Waals surface area contributed by atoms with Gasteiger partial charge in [-0.15, -0.1) is 24.0 Å². The number of nitrogens with one attached hydrogen (secondary N) is 2. The van der Waals surface area contributed by atoms with E-state index >= 15 is 0 Å². The molecule has 9 heteroatoms. The third-order valence-electron chi connectivity index (χ3n) is 3.54. The highest BCUT2D eigenvalue weighted by Gasteiger charge is 2.28. The van der Waals surface area contributed by atoms with Crippen LogP contribution >= 0.6 is 24.0 Å². The second kappa shape index (κ2) is 10.9. The predicted molar refractivity (Wildman–Crippen MR) is 115 cm³/mol. The lowest BCUT2D eigenvalue weighted by Crippen LogP contribution is -2.44. The third-order valence-corrected chi connectivity index (χ3v) is 6.15. The molecule has 0 fully saturated rings. The molecule has 0 radical (unpaired) electrons. The number of nitrogens with zero attached hydrogens (tertiary/aromatic N) is 1. The topological polar surface area (TPSA) is 79.8 Å². The Morgan fingerprint density at radius 2 is 1.88 bits per heavy atom. The quantitative estimate of drug-likeness (QED) is 0.341. The Morgan fingerprint density at radius 3 is 2.42 bits per heavy atom. The van der Waals surface area contributed by atoms with Crippen LogP contribution < -0.4 is 15.4 Å². The summed E-state index contributed by atoms with van der Waals surface area (Å²) in [7, 11) is -1.60. The second-order valence-electron chi connectivity index (χ2n) is 6.67. The molecule has 0 saturated carbocycles. The molecule has 0 aliphatic carbocycles. The largest absolute Gasteiger partial charge is 0.486 e. The lowest BCUT2D eigenvalue weighted by Gasteiger charge is -2.20. The van der Waals surface area contributed by atoms with Crippen molar-refractivity contribution in [2.45, 2.75) is 38.5 Å². The fraction of sp³-hybridized carbons (Fsp3) is 0.588. The predicted octanol–water partition coefficient (Wildman–Crippen LogP) is 2.59. The number of halogens is 2. The first-order chi connectivity index (χ1) is 11.6. The van der Waals surface area contributed by atoms with Gasteiger partial charge in [-0.2, -0.15) is 0 Å². The fourth-order valence-electron chi connectivity index (χ4n) is 1.87. The number of guanidine groups is 1. The smallest absolute Gasteiger partial charge is 0.191 e. The lowest BCUT2D eigenvalue weighted by atomic mass is 10.3. The molecule has 0 bridgehead atoms. The number of para-hydroxylation sites is 1. The Bertz CT molecular complexity index is 691. The minimum absolute atomic E-state index is 0. The zero-order chi connectivity index (χ0) is 19.1. The zero-order valence-electron chi connectivity index (χ0n) is 15.9. The maximum absolute atomic E-state index is 13.6. The first-order valence-corrected chi connectivity index (χ1v) is 9.80. The molecule has 0 aliphatic rings. The Kier molecular flexibility index (Phi) is 10.4. The van der Waals surface area contributed by atoms with Crippen molar-refractivity contribution in [1.82, 2.24) is 10.6 Å². The third kappa shape index (κ3) is 8.07. The molecule has 0 saturated heterocycles. The van der Waals surface area contributed by atoms with E-state index < -0.39 is 20.4 Å². The maximum atomic E-state index is 13.6. The first-order valence-electron chi connectivity index (χ1n) is 8.15. The number of rotatable bonds is 7. The summed E-state index contributed by atoms with van der Waals surface area (Å²) in [6, 6.07) is 6.21. The normalized spacial score (nSPS) is 13.5. The number of hydrogen-bond acceptors (Lipinski definition) is 4. The summed E-state index contributed by atoms with van der Waals surface area (Å²) in [5.41, 5.74) is 0. The minimum Gasteiger partial charge on any atom is -0.486 e. The van der Waals surface area contributed by atoms with E-state index in [4.69, 9.17) is 4.74 Å². The van der Waals surface area contributed by atoms with Crippen LogP contribution in [0, 0.1) is 5.82 Å². The van der Waals surface area contributed by atoms with Gasteiger partial charge in [0, 0.05) is 13.6 Å². The Balaban J connectivity index is 0.00000625. The van der Waals surface area contributed by atoms with Gasteiger partial charge in [0.05, 0.1) is 17.0 Å². The van der Waals surface area contributed by atoms with Gasteiger partial charge in [0.2, 0.25) is 0 Å². The van der Waals surface area contributed by atoms with Crippen LogP contribution in [-0.2, 0) is 9.84 Å². The summed E-state index contributed by atoms with van der Waals surface area (Å²) in [6.45, 7) is 7.48. The molecule has 0 aromatic heterocycles.